The molecule has 1 aromatic carbocycles. The number of nitrogens with two attached hydrogens (primary N) is 1. The molecule has 4 nitrogen and oxygen atoms in total. The van der Waals surface area contributed by atoms with E-state index in [1.54, 1.807) is 6.07 Å². The van der Waals surface area contributed by atoms with E-state index < -0.39 is 17.0 Å². The molecule has 1 atom stereocenters. The predicted molar refractivity (Wildman–Crippen MR) is 49.8 cm³/mol. The number of carbonyl (C=O) groups is 1. The third kappa shape index (κ3) is 2.36. The van der Waals surface area contributed by atoms with Gasteiger partial charge in [-0.2, -0.15) is 0 Å². The van der Waals surface area contributed by atoms with Crippen molar-refractivity contribution >= 4 is 32.9 Å². The number of carbonyl (C=O) groups excluding carboxylic acids is 1. The van der Waals surface area contributed by atoms with E-state index in [0.717, 1.165) is 0 Å². The lowest BCUT2D eigenvalue weighted by Crippen LogP contribution is -2.14. The number of halogens is 1. The summed E-state index contributed by atoms with van der Waals surface area (Å²) in [7, 11) is 0. The van der Waals surface area contributed by atoms with Crippen molar-refractivity contribution in [2.24, 2.45) is 5.73 Å². The number of hydrogen-bond donors (Lipinski definition) is 1. The van der Waals surface area contributed by atoms with Gasteiger partial charge in [-0.3, -0.25) is 9.00 Å². The fourth-order valence-corrected chi connectivity index (χ4v) is 1.92. The summed E-state index contributed by atoms with van der Waals surface area (Å²) in [5, 5.41) is 0. The Balaban J connectivity index is 3.35. The topological polar surface area (TPSA) is 83.2 Å². The van der Waals surface area contributed by atoms with Crippen LogP contribution in [0.15, 0.2) is 27.6 Å². The van der Waals surface area contributed by atoms with Crippen LogP contribution in [0.1, 0.15) is 10.4 Å². The van der Waals surface area contributed by atoms with Gasteiger partial charge in [-0.25, -0.2) is 0 Å². The first kappa shape index (κ1) is 10.4. The minimum absolute atomic E-state index is 0.00321. The zero-order valence-corrected chi connectivity index (χ0v) is 8.72. The Kier molecular flexibility index (Phi) is 3.18. The smallest absolute Gasteiger partial charge is 0.249 e. The second-order valence-electron chi connectivity index (χ2n) is 2.24. The number of amides is 1. The molecule has 13 heavy (non-hydrogen) atoms. The molecule has 0 bridgehead atoms. The van der Waals surface area contributed by atoms with E-state index in [0.29, 0.717) is 4.47 Å². The van der Waals surface area contributed by atoms with Crippen molar-refractivity contribution in [2.45, 2.75) is 4.90 Å². The Morgan fingerprint density at radius 2 is 2.15 bits per heavy atom. The van der Waals surface area contributed by atoms with Crippen molar-refractivity contribution in [3.05, 3.63) is 28.2 Å². The maximum atomic E-state index is 10.8. The van der Waals surface area contributed by atoms with Crippen molar-refractivity contribution in [3.8, 4) is 0 Å². The molecule has 1 unspecified atom stereocenters. The highest BCUT2D eigenvalue weighted by atomic mass is 79.9. The molecule has 1 amide bonds. The Hall–Kier alpha value is -0.720. The molecule has 1 aromatic rings. The largest absolute Gasteiger partial charge is 0.768 e. The molecule has 0 saturated heterocycles. The van der Waals surface area contributed by atoms with Crippen LogP contribution < -0.4 is 5.73 Å². The van der Waals surface area contributed by atoms with Crippen molar-refractivity contribution in [3.63, 3.8) is 0 Å². The molecule has 0 saturated carbocycles. The lowest BCUT2D eigenvalue weighted by Gasteiger charge is -2.09. The van der Waals surface area contributed by atoms with Gasteiger partial charge in [0.25, 0.3) is 0 Å². The van der Waals surface area contributed by atoms with Crippen molar-refractivity contribution < 1.29 is 13.6 Å². The minimum atomic E-state index is -2.45. The highest BCUT2D eigenvalue weighted by Crippen LogP contribution is 2.18. The van der Waals surface area contributed by atoms with Gasteiger partial charge in [0.05, 0.1) is 5.56 Å². The van der Waals surface area contributed by atoms with E-state index in [1.807, 2.05) is 0 Å². The SMILES string of the molecule is NC(=O)c1ccc(Br)cc1S(=O)[O-]. The van der Waals surface area contributed by atoms with Crippen molar-refractivity contribution in [1.82, 2.24) is 0 Å². The van der Waals surface area contributed by atoms with Crippen LogP contribution in [0.2, 0.25) is 0 Å². The van der Waals surface area contributed by atoms with Crippen molar-refractivity contribution in [1.29, 1.82) is 0 Å². The molecule has 0 radical (unpaired) electrons. The van der Waals surface area contributed by atoms with Gasteiger partial charge >= 0.3 is 0 Å². The van der Waals surface area contributed by atoms with E-state index in [9.17, 15) is 13.6 Å². The summed E-state index contributed by atoms with van der Waals surface area (Å²) in [6, 6.07) is 4.23. The van der Waals surface area contributed by atoms with Crippen LogP contribution in [-0.4, -0.2) is 14.7 Å². The van der Waals surface area contributed by atoms with Gasteiger partial charge in [0, 0.05) is 9.37 Å². The molecule has 0 aliphatic carbocycles. The summed E-state index contributed by atoms with van der Waals surface area (Å²) < 4.78 is 21.9. The van der Waals surface area contributed by atoms with Crippen LogP contribution in [0.4, 0.5) is 0 Å². The summed E-state index contributed by atoms with van der Waals surface area (Å²) in [4.78, 5) is 10.7. The van der Waals surface area contributed by atoms with Crippen molar-refractivity contribution in [2.75, 3.05) is 0 Å². The van der Waals surface area contributed by atoms with E-state index in [4.69, 9.17) is 5.73 Å². The molecule has 70 valence electrons. The molecular weight excluding hydrogens is 258 g/mol. The third-order valence-corrected chi connectivity index (χ3v) is 2.58. The Morgan fingerprint density at radius 3 is 2.62 bits per heavy atom. The predicted octanol–water partition coefficient (Wildman–Crippen LogP) is 0.786. The zero-order chi connectivity index (χ0) is 10.0. The van der Waals surface area contributed by atoms with Crippen LogP contribution in [0, 0.1) is 0 Å². The number of benzene rings is 1. The van der Waals surface area contributed by atoms with Gasteiger partial charge in [-0.15, -0.1) is 0 Å². The van der Waals surface area contributed by atoms with Gasteiger partial charge in [-0.1, -0.05) is 15.9 Å². The van der Waals surface area contributed by atoms with Crippen LogP contribution in [0.25, 0.3) is 0 Å². The van der Waals surface area contributed by atoms with Gasteiger partial charge in [0.15, 0.2) is 0 Å². The number of primary amides is 1. The van der Waals surface area contributed by atoms with Gasteiger partial charge in [-0.05, 0) is 29.3 Å². The lowest BCUT2D eigenvalue weighted by molar-refractivity contribution is 0.0997. The fraction of sp³-hybridized carbons (Fsp3) is 0. The summed E-state index contributed by atoms with van der Waals surface area (Å²) in [5.41, 5.74) is 4.97. The summed E-state index contributed by atoms with van der Waals surface area (Å²) in [6.07, 6.45) is 0. The maximum Gasteiger partial charge on any atom is 0.249 e. The van der Waals surface area contributed by atoms with E-state index in [-0.39, 0.29) is 10.5 Å². The normalized spacial score (nSPS) is 12.5. The number of rotatable bonds is 2. The van der Waals surface area contributed by atoms with Crippen LogP contribution >= 0.6 is 15.9 Å². The molecular formula is C7H5BrNO3S-. The molecule has 2 N–H and O–H groups in total. The molecule has 1 rings (SSSR count). The highest BCUT2D eigenvalue weighted by Gasteiger charge is 2.08. The Bertz CT molecular complexity index is 380. The second-order valence-corrected chi connectivity index (χ2v) is 4.06. The van der Waals surface area contributed by atoms with Crippen LogP contribution in [-0.2, 0) is 11.1 Å². The average Bonchev–Trinajstić information content (AvgIpc) is 2.03. The van der Waals surface area contributed by atoms with E-state index in [1.165, 1.54) is 12.1 Å². The first-order chi connectivity index (χ1) is 6.02. The minimum Gasteiger partial charge on any atom is -0.768 e. The second kappa shape index (κ2) is 3.99. The highest BCUT2D eigenvalue weighted by molar-refractivity contribution is 9.10. The van der Waals surface area contributed by atoms with E-state index >= 15 is 0 Å². The van der Waals surface area contributed by atoms with Crippen LogP contribution in [0.3, 0.4) is 0 Å². The quantitative estimate of drug-likeness (QED) is 0.800. The molecule has 6 heteroatoms. The van der Waals surface area contributed by atoms with Gasteiger partial charge < -0.3 is 10.3 Å². The van der Waals surface area contributed by atoms with Gasteiger partial charge in [0.1, 0.15) is 0 Å². The first-order valence-electron chi connectivity index (χ1n) is 3.21. The molecule has 0 heterocycles. The first-order valence-corrected chi connectivity index (χ1v) is 5.08. The van der Waals surface area contributed by atoms with E-state index in [2.05, 4.69) is 15.9 Å². The standard InChI is InChI=1S/C7H6BrNO3S/c8-4-1-2-5(7(9)10)6(3-4)13(11)12/h1-3H,(H2,9,10)(H,11,12)/p-1. The lowest BCUT2D eigenvalue weighted by atomic mass is 10.2. The summed E-state index contributed by atoms with van der Waals surface area (Å²) >= 11 is 0.636. The molecule has 0 fully saturated rings. The molecule has 0 aliphatic rings. The van der Waals surface area contributed by atoms with Gasteiger partial charge in [0.2, 0.25) is 5.91 Å². The molecule has 0 aliphatic heterocycles. The molecule has 0 spiro atoms. The van der Waals surface area contributed by atoms with Crippen LogP contribution in [0.5, 0.6) is 0 Å². The third-order valence-electron chi connectivity index (χ3n) is 1.39. The average molecular weight is 263 g/mol. The molecule has 0 aromatic heterocycles. The Labute approximate surface area is 85.5 Å². The zero-order valence-electron chi connectivity index (χ0n) is 6.32. The summed E-state index contributed by atoms with van der Waals surface area (Å²) in [6.45, 7) is 0. The fourth-order valence-electron chi connectivity index (χ4n) is 0.838. The Morgan fingerprint density at radius 1 is 1.54 bits per heavy atom. The monoisotopic (exact) mass is 262 g/mol. The number of hydrogen-bond acceptors (Lipinski definition) is 3. The summed E-state index contributed by atoms with van der Waals surface area (Å²) in [5.74, 6) is -0.758. The maximum absolute atomic E-state index is 10.8.